The van der Waals surface area contributed by atoms with Crippen molar-refractivity contribution in [1.29, 1.82) is 0 Å². The zero-order chi connectivity index (χ0) is 25.5. The van der Waals surface area contributed by atoms with E-state index in [1.54, 1.807) is 0 Å². The molecule has 0 heterocycles. The first-order valence-corrected chi connectivity index (χ1v) is 11.5. The van der Waals surface area contributed by atoms with Gasteiger partial charge in [0.05, 0.1) is 12.1 Å². The number of carbonyl (C=O) groups is 4. The molecule has 0 radical (unpaired) electrons. The average molecular weight is 485 g/mol. The van der Waals surface area contributed by atoms with E-state index >= 15 is 0 Å². The smallest absolute Gasteiger partial charge is 0.411 e. The molecule has 0 aromatic heterocycles. The first-order valence-electron chi connectivity index (χ1n) is 11.5. The molecule has 10 heteroatoms. The Bertz CT molecular complexity index is 877. The summed E-state index contributed by atoms with van der Waals surface area (Å²) in [5.74, 6) is -1.20. The zero-order valence-electron chi connectivity index (χ0n) is 19.4. The van der Waals surface area contributed by atoms with Crippen LogP contribution in [0.2, 0.25) is 0 Å². The van der Waals surface area contributed by atoms with Crippen LogP contribution in [0.3, 0.4) is 0 Å². The lowest BCUT2D eigenvalue weighted by atomic mass is 10.0. The maximum Gasteiger partial charge on any atom is 0.411 e. The number of carboxylic acid groups (broad SMARTS) is 2. The molecule has 0 saturated heterocycles. The van der Waals surface area contributed by atoms with Crippen molar-refractivity contribution < 1.29 is 29.4 Å². The molecule has 6 N–H and O–H groups in total. The van der Waals surface area contributed by atoms with Gasteiger partial charge in [-0.05, 0) is 49.9 Å². The van der Waals surface area contributed by atoms with Crippen molar-refractivity contribution in [2.75, 3.05) is 13.1 Å². The van der Waals surface area contributed by atoms with Gasteiger partial charge >= 0.3 is 12.2 Å². The second-order valence-electron chi connectivity index (χ2n) is 8.04. The molecule has 0 aliphatic heterocycles. The Morgan fingerprint density at radius 2 is 0.971 bits per heavy atom. The van der Waals surface area contributed by atoms with Crippen LogP contribution in [0.5, 0.6) is 0 Å². The van der Waals surface area contributed by atoms with Crippen molar-refractivity contribution in [2.45, 2.75) is 44.2 Å². The fraction of sp³-hybridized carbons (Fsp3) is 0.360. The second-order valence-corrected chi connectivity index (χ2v) is 8.04. The van der Waals surface area contributed by atoms with Gasteiger partial charge in [0, 0.05) is 0 Å². The van der Waals surface area contributed by atoms with Crippen LogP contribution in [-0.2, 0) is 22.4 Å². The molecule has 2 aromatic rings. The number of unbranched alkanes of at least 4 members (excludes halogenated alkanes) is 2. The summed E-state index contributed by atoms with van der Waals surface area (Å²) in [7, 11) is 0. The van der Waals surface area contributed by atoms with Crippen LogP contribution in [-0.4, -0.2) is 59.4 Å². The van der Waals surface area contributed by atoms with Crippen LogP contribution in [0, 0.1) is 0 Å². The summed E-state index contributed by atoms with van der Waals surface area (Å²) >= 11 is 0. The highest BCUT2D eigenvalue weighted by Gasteiger charge is 2.21. The van der Waals surface area contributed by atoms with Crippen molar-refractivity contribution in [3.05, 3.63) is 71.8 Å². The first kappa shape index (κ1) is 27.5. The Morgan fingerprint density at radius 3 is 1.31 bits per heavy atom. The summed E-state index contributed by atoms with van der Waals surface area (Å²) in [6.45, 7) is 1.02. The Kier molecular flexibility index (Phi) is 11.9. The fourth-order valence-electron chi connectivity index (χ4n) is 3.58. The molecule has 0 bridgehead atoms. The number of hydrogen-bond acceptors (Lipinski definition) is 6. The molecule has 2 unspecified atom stereocenters. The number of hydrogen-bond donors (Lipinski definition) is 6. The molecule has 0 fully saturated rings. The van der Waals surface area contributed by atoms with Gasteiger partial charge in [0.1, 0.15) is 0 Å². The van der Waals surface area contributed by atoms with Crippen molar-refractivity contribution in [3.8, 4) is 0 Å². The molecule has 0 saturated carbocycles. The topological polar surface area (TPSA) is 157 Å². The minimum Gasteiger partial charge on any atom is -0.465 e. The predicted octanol–water partition coefficient (Wildman–Crippen LogP) is 2.15. The highest BCUT2D eigenvalue weighted by atomic mass is 16.4. The molecule has 10 nitrogen and oxygen atoms in total. The van der Waals surface area contributed by atoms with Crippen LogP contribution < -0.4 is 21.3 Å². The van der Waals surface area contributed by atoms with E-state index < -0.39 is 36.1 Å². The van der Waals surface area contributed by atoms with Gasteiger partial charge in [-0.25, -0.2) is 9.59 Å². The van der Waals surface area contributed by atoms with Gasteiger partial charge < -0.3 is 20.8 Å². The van der Waals surface area contributed by atoms with Gasteiger partial charge in [0.25, 0.3) is 0 Å². The Morgan fingerprint density at radius 1 is 0.600 bits per heavy atom. The molecule has 2 aromatic carbocycles. The van der Waals surface area contributed by atoms with E-state index in [9.17, 15) is 19.2 Å². The van der Waals surface area contributed by atoms with Gasteiger partial charge in [-0.15, -0.1) is 0 Å². The van der Waals surface area contributed by atoms with Gasteiger partial charge in [0.2, 0.25) is 11.8 Å². The predicted molar refractivity (Wildman–Crippen MR) is 130 cm³/mol. The fourth-order valence-corrected chi connectivity index (χ4v) is 3.58. The lowest BCUT2D eigenvalue weighted by molar-refractivity contribution is -0.123. The van der Waals surface area contributed by atoms with E-state index in [2.05, 4.69) is 10.6 Å². The summed E-state index contributed by atoms with van der Waals surface area (Å²) in [5.41, 5.74) is 1.83. The monoisotopic (exact) mass is 484 g/mol. The number of nitrogens with one attached hydrogen (secondary N) is 4. The van der Waals surface area contributed by atoms with E-state index in [1.165, 1.54) is 0 Å². The van der Waals surface area contributed by atoms with Crippen LogP contribution in [0.15, 0.2) is 60.7 Å². The summed E-state index contributed by atoms with van der Waals surface area (Å²) in [5, 5.41) is 27.8. The SMILES string of the molecule is O=C(O)NC(=O)C(Cc1ccccc1)NCCCCCNC(Cc1ccccc1)C(=O)NC(=O)O. The number of benzene rings is 2. The first-order chi connectivity index (χ1) is 16.8. The van der Waals surface area contributed by atoms with Gasteiger partial charge in [-0.2, -0.15) is 0 Å². The van der Waals surface area contributed by atoms with Crippen molar-refractivity contribution >= 4 is 24.0 Å². The summed E-state index contributed by atoms with van der Waals surface area (Å²) in [6.07, 6.45) is 0.200. The molecular formula is C25H32N4O6. The molecule has 0 aliphatic rings. The number of rotatable bonds is 14. The molecule has 4 amide bonds. The molecule has 2 rings (SSSR count). The molecule has 188 valence electrons. The van der Waals surface area contributed by atoms with Crippen LogP contribution in [0.25, 0.3) is 0 Å². The van der Waals surface area contributed by atoms with Gasteiger partial charge in [-0.3, -0.25) is 20.2 Å². The minimum atomic E-state index is -1.39. The number of carbonyl (C=O) groups excluding carboxylic acids is 2. The molecule has 35 heavy (non-hydrogen) atoms. The largest absolute Gasteiger partial charge is 0.465 e. The standard InChI is InChI=1S/C25H32N4O6/c30-22(28-24(32)33)20(16-18-10-4-1-5-11-18)26-14-8-3-9-15-27-21(23(31)29-25(34)35)17-19-12-6-2-7-13-19/h1-2,4-7,10-13,20-21,26-27H,3,8-9,14-17H2,(H,28,30)(H,29,31)(H,32,33)(H,34,35). The van der Waals surface area contributed by atoms with Crippen LogP contribution in [0.4, 0.5) is 9.59 Å². The third-order valence-corrected chi connectivity index (χ3v) is 5.29. The second kappa shape index (κ2) is 15.2. The lowest BCUT2D eigenvalue weighted by Crippen LogP contribution is -2.47. The summed E-state index contributed by atoms with van der Waals surface area (Å²) in [4.78, 5) is 46.2. The van der Waals surface area contributed by atoms with Gasteiger partial charge in [-0.1, -0.05) is 67.1 Å². The Hall–Kier alpha value is -3.76. The summed E-state index contributed by atoms with van der Waals surface area (Å²) < 4.78 is 0. The number of imide groups is 2. The Labute approximate surface area is 204 Å². The Balaban J connectivity index is 1.77. The maximum absolute atomic E-state index is 12.2. The molecule has 0 spiro atoms. The zero-order valence-corrected chi connectivity index (χ0v) is 19.4. The molecule has 0 aliphatic carbocycles. The number of amides is 4. The van der Waals surface area contributed by atoms with E-state index in [-0.39, 0.29) is 0 Å². The molecular weight excluding hydrogens is 452 g/mol. The highest BCUT2D eigenvalue weighted by Crippen LogP contribution is 2.06. The minimum absolute atomic E-state index is 0.362. The normalized spacial score (nSPS) is 12.3. The summed E-state index contributed by atoms with van der Waals surface area (Å²) in [6, 6.07) is 17.3. The highest BCUT2D eigenvalue weighted by molar-refractivity contribution is 5.94. The van der Waals surface area contributed by atoms with Gasteiger partial charge in [0.15, 0.2) is 0 Å². The van der Waals surface area contributed by atoms with Crippen LogP contribution in [0.1, 0.15) is 30.4 Å². The maximum atomic E-state index is 12.2. The van der Waals surface area contributed by atoms with E-state index in [4.69, 9.17) is 10.2 Å². The van der Waals surface area contributed by atoms with Crippen molar-refractivity contribution in [1.82, 2.24) is 21.3 Å². The van der Waals surface area contributed by atoms with Crippen molar-refractivity contribution in [2.24, 2.45) is 0 Å². The third kappa shape index (κ3) is 11.3. The van der Waals surface area contributed by atoms with Crippen molar-refractivity contribution in [3.63, 3.8) is 0 Å². The third-order valence-electron chi connectivity index (χ3n) is 5.29. The van der Waals surface area contributed by atoms with Crippen LogP contribution >= 0.6 is 0 Å². The quantitative estimate of drug-likeness (QED) is 0.223. The average Bonchev–Trinajstić information content (AvgIpc) is 2.82. The van der Waals surface area contributed by atoms with E-state index in [0.717, 1.165) is 30.4 Å². The lowest BCUT2D eigenvalue weighted by Gasteiger charge is -2.18. The molecule has 2 atom stereocenters. The van der Waals surface area contributed by atoms with E-state index in [0.29, 0.717) is 25.9 Å². The van der Waals surface area contributed by atoms with E-state index in [1.807, 2.05) is 71.3 Å².